The summed E-state index contributed by atoms with van der Waals surface area (Å²) in [5.74, 6) is -1.20. The van der Waals surface area contributed by atoms with Crippen LogP contribution in [0.15, 0.2) is 35.2 Å². The van der Waals surface area contributed by atoms with Crippen molar-refractivity contribution in [1.82, 2.24) is 20.4 Å². The van der Waals surface area contributed by atoms with Crippen LogP contribution in [-0.4, -0.2) is 45.6 Å². The van der Waals surface area contributed by atoms with Crippen LogP contribution >= 0.6 is 11.8 Å². The SMILES string of the molecule is Cc1nn(-c2ccccc2)c(C)c1SCC(=O)O[C@@H](C)C(=O)NC(=O)NC(C)C. The number of urea groups is 1. The van der Waals surface area contributed by atoms with Gasteiger partial charge in [0, 0.05) is 6.04 Å². The lowest BCUT2D eigenvalue weighted by molar-refractivity contribution is -0.151. The van der Waals surface area contributed by atoms with Crippen LogP contribution in [0.2, 0.25) is 0 Å². The molecule has 9 heteroatoms. The van der Waals surface area contributed by atoms with Crippen LogP contribution in [0.4, 0.5) is 4.79 Å². The Balaban J connectivity index is 1.92. The Morgan fingerprint density at radius 2 is 1.79 bits per heavy atom. The fraction of sp³-hybridized carbons (Fsp3) is 0.400. The van der Waals surface area contributed by atoms with Gasteiger partial charge in [-0.3, -0.25) is 14.9 Å². The molecule has 1 aromatic heterocycles. The van der Waals surface area contributed by atoms with Crippen LogP contribution < -0.4 is 10.6 Å². The topological polar surface area (TPSA) is 102 Å². The number of amides is 3. The van der Waals surface area contributed by atoms with E-state index in [9.17, 15) is 14.4 Å². The smallest absolute Gasteiger partial charge is 0.321 e. The van der Waals surface area contributed by atoms with Gasteiger partial charge >= 0.3 is 12.0 Å². The number of esters is 1. The van der Waals surface area contributed by atoms with Crippen molar-refractivity contribution in [3.63, 3.8) is 0 Å². The number of rotatable bonds is 7. The number of ether oxygens (including phenoxy) is 1. The Bertz CT molecular complexity index is 880. The molecular weight excluding hydrogens is 392 g/mol. The summed E-state index contributed by atoms with van der Waals surface area (Å²) in [6.45, 7) is 8.78. The zero-order valence-corrected chi connectivity index (χ0v) is 18.0. The molecule has 0 aliphatic rings. The molecule has 2 N–H and O–H groups in total. The number of hydrogen-bond acceptors (Lipinski definition) is 6. The number of hydrogen-bond donors (Lipinski definition) is 2. The van der Waals surface area contributed by atoms with Gasteiger partial charge < -0.3 is 10.1 Å². The molecule has 0 bridgehead atoms. The monoisotopic (exact) mass is 418 g/mol. The maximum absolute atomic E-state index is 12.1. The van der Waals surface area contributed by atoms with E-state index in [1.807, 2.05) is 48.9 Å². The molecule has 0 fully saturated rings. The summed E-state index contributed by atoms with van der Waals surface area (Å²) in [4.78, 5) is 36.5. The minimum absolute atomic E-state index is 0.0258. The highest BCUT2D eigenvalue weighted by molar-refractivity contribution is 8.00. The summed E-state index contributed by atoms with van der Waals surface area (Å²) in [7, 11) is 0. The number of nitrogens with zero attached hydrogens (tertiary/aromatic N) is 2. The second-order valence-electron chi connectivity index (χ2n) is 6.79. The van der Waals surface area contributed by atoms with E-state index >= 15 is 0 Å². The van der Waals surface area contributed by atoms with Gasteiger partial charge in [-0.05, 0) is 46.8 Å². The van der Waals surface area contributed by atoms with Crippen molar-refractivity contribution in [1.29, 1.82) is 0 Å². The van der Waals surface area contributed by atoms with Crippen molar-refractivity contribution in [2.24, 2.45) is 0 Å². The zero-order chi connectivity index (χ0) is 21.6. The van der Waals surface area contributed by atoms with Crippen LogP contribution in [0.3, 0.4) is 0 Å². The van der Waals surface area contributed by atoms with Gasteiger partial charge in [0.2, 0.25) is 0 Å². The van der Waals surface area contributed by atoms with Crippen LogP contribution in [0.5, 0.6) is 0 Å². The van der Waals surface area contributed by atoms with E-state index in [1.54, 1.807) is 13.8 Å². The molecule has 29 heavy (non-hydrogen) atoms. The molecule has 0 aliphatic carbocycles. The summed E-state index contributed by atoms with van der Waals surface area (Å²) in [5, 5.41) is 9.21. The highest BCUT2D eigenvalue weighted by atomic mass is 32.2. The summed E-state index contributed by atoms with van der Waals surface area (Å²) < 4.78 is 6.96. The zero-order valence-electron chi connectivity index (χ0n) is 17.2. The molecule has 1 heterocycles. The Kier molecular flexibility index (Phi) is 7.83. The van der Waals surface area contributed by atoms with E-state index in [2.05, 4.69) is 15.7 Å². The van der Waals surface area contributed by atoms with E-state index < -0.39 is 24.0 Å². The third-order valence-electron chi connectivity index (χ3n) is 3.89. The fourth-order valence-electron chi connectivity index (χ4n) is 2.59. The minimum atomic E-state index is -1.07. The van der Waals surface area contributed by atoms with Crippen molar-refractivity contribution in [3.05, 3.63) is 41.7 Å². The van der Waals surface area contributed by atoms with Crippen molar-refractivity contribution < 1.29 is 19.1 Å². The lowest BCUT2D eigenvalue weighted by Gasteiger charge is -2.14. The number of benzene rings is 1. The number of carbonyl (C=O) groups is 3. The molecule has 2 aromatic rings. The third-order valence-corrected chi connectivity index (χ3v) is 5.15. The van der Waals surface area contributed by atoms with Gasteiger partial charge in [-0.1, -0.05) is 18.2 Å². The largest absolute Gasteiger partial charge is 0.452 e. The molecule has 0 aliphatic heterocycles. The van der Waals surface area contributed by atoms with Gasteiger partial charge in [-0.25, -0.2) is 9.48 Å². The standard InChI is InChI=1S/C20H26N4O4S/c1-12(2)21-20(27)22-19(26)15(5)28-17(25)11-29-18-13(3)23-24(14(18)4)16-9-7-6-8-10-16/h6-10,12,15H,11H2,1-5H3,(H2,21,22,26,27)/t15-/m0/s1. The Morgan fingerprint density at radius 1 is 1.14 bits per heavy atom. The molecule has 3 amide bonds. The van der Waals surface area contributed by atoms with Crippen molar-refractivity contribution in [2.45, 2.75) is 51.7 Å². The number of aryl methyl sites for hydroxylation is 1. The second kappa shape index (κ2) is 10.1. The maximum atomic E-state index is 12.1. The van der Waals surface area contributed by atoms with Crippen LogP contribution in [0, 0.1) is 13.8 Å². The van der Waals surface area contributed by atoms with Crippen molar-refractivity contribution >= 4 is 29.7 Å². The normalized spacial score (nSPS) is 11.8. The van der Waals surface area contributed by atoms with Gasteiger partial charge in [0.15, 0.2) is 6.10 Å². The van der Waals surface area contributed by atoms with Gasteiger partial charge in [-0.15, -0.1) is 11.8 Å². The molecule has 0 spiro atoms. The molecule has 156 valence electrons. The average Bonchev–Trinajstić information content (AvgIpc) is 2.93. The summed E-state index contributed by atoms with van der Waals surface area (Å²) >= 11 is 1.30. The van der Waals surface area contributed by atoms with E-state index in [0.29, 0.717) is 0 Å². The summed E-state index contributed by atoms with van der Waals surface area (Å²) in [6.07, 6.45) is -1.07. The Labute approximate surface area is 174 Å². The number of para-hydroxylation sites is 1. The number of nitrogens with one attached hydrogen (secondary N) is 2. The molecule has 0 unspecified atom stereocenters. The first-order valence-corrected chi connectivity index (χ1v) is 10.2. The molecule has 1 atom stereocenters. The predicted molar refractivity (Wildman–Crippen MR) is 111 cm³/mol. The molecule has 1 aromatic carbocycles. The molecule has 0 saturated heterocycles. The van der Waals surface area contributed by atoms with Crippen LogP contribution in [0.25, 0.3) is 5.69 Å². The van der Waals surface area contributed by atoms with E-state index in [-0.39, 0.29) is 11.8 Å². The first-order chi connectivity index (χ1) is 13.7. The third kappa shape index (κ3) is 6.35. The average molecular weight is 419 g/mol. The first kappa shape index (κ1) is 22.5. The van der Waals surface area contributed by atoms with Gasteiger partial charge in [0.1, 0.15) is 0 Å². The fourth-order valence-corrected chi connectivity index (χ4v) is 3.46. The summed E-state index contributed by atoms with van der Waals surface area (Å²) in [6, 6.07) is 8.98. The quantitative estimate of drug-likeness (QED) is 0.529. The van der Waals surface area contributed by atoms with Crippen molar-refractivity contribution in [3.8, 4) is 5.69 Å². The highest BCUT2D eigenvalue weighted by Gasteiger charge is 2.21. The lowest BCUT2D eigenvalue weighted by atomic mass is 10.3. The number of carbonyl (C=O) groups excluding carboxylic acids is 3. The number of imide groups is 1. The molecule has 0 saturated carbocycles. The van der Waals surface area contributed by atoms with Crippen LogP contribution in [0.1, 0.15) is 32.2 Å². The highest BCUT2D eigenvalue weighted by Crippen LogP contribution is 2.28. The predicted octanol–water partition coefficient (Wildman–Crippen LogP) is 2.75. The van der Waals surface area contributed by atoms with Crippen LogP contribution in [-0.2, 0) is 14.3 Å². The second-order valence-corrected chi connectivity index (χ2v) is 7.77. The van der Waals surface area contributed by atoms with E-state index in [1.165, 1.54) is 18.7 Å². The van der Waals surface area contributed by atoms with E-state index in [4.69, 9.17) is 4.74 Å². The molecular formula is C20H26N4O4S. The van der Waals surface area contributed by atoms with Gasteiger partial charge in [0.05, 0.1) is 27.7 Å². The molecule has 8 nitrogen and oxygen atoms in total. The maximum Gasteiger partial charge on any atom is 0.321 e. The van der Waals surface area contributed by atoms with E-state index in [0.717, 1.165) is 22.0 Å². The van der Waals surface area contributed by atoms with Crippen molar-refractivity contribution in [2.75, 3.05) is 5.75 Å². The number of thioether (sulfide) groups is 1. The molecule has 0 radical (unpaired) electrons. The Hall–Kier alpha value is -2.81. The molecule has 2 rings (SSSR count). The first-order valence-electron chi connectivity index (χ1n) is 9.24. The minimum Gasteiger partial charge on any atom is -0.452 e. The number of aromatic nitrogens is 2. The lowest BCUT2D eigenvalue weighted by Crippen LogP contribution is -2.46. The van der Waals surface area contributed by atoms with Gasteiger partial charge in [-0.2, -0.15) is 5.10 Å². The van der Waals surface area contributed by atoms with Gasteiger partial charge in [0.25, 0.3) is 5.91 Å². The summed E-state index contributed by atoms with van der Waals surface area (Å²) in [5.41, 5.74) is 2.66. The Morgan fingerprint density at radius 3 is 2.41 bits per heavy atom.